The van der Waals surface area contributed by atoms with Crippen LogP contribution in [0.1, 0.15) is 47.1 Å². The third-order valence-corrected chi connectivity index (χ3v) is 6.39. The summed E-state index contributed by atoms with van der Waals surface area (Å²) in [4.78, 5) is 15.3. The summed E-state index contributed by atoms with van der Waals surface area (Å²) in [5, 5.41) is 8.93. The maximum absolute atomic E-state index is 13.9. The van der Waals surface area contributed by atoms with Gasteiger partial charge < -0.3 is 9.64 Å². The number of hydrogen-bond acceptors (Lipinski definition) is 4. The van der Waals surface area contributed by atoms with Gasteiger partial charge in [0, 0.05) is 31.3 Å². The number of benzene rings is 1. The summed E-state index contributed by atoms with van der Waals surface area (Å²) in [5.74, 6) is -3.81. The highest BCUT2D eigenvalue weighted by molar-refractivity contribution is 5.95. The minimum absolute atomic E-state index is 0.112. The first-order valence-electron chi connectivity index (χ1n) is 10.4. The van der Waals surface area contributed by atoms with Crippen molar-refractivity contribution in [3.63, 3.8) is 0 Å². The molecule has 1 saturated heterocycles. The van der Waals surface area contributed by atoms with Crippen molar-refractivity contribution in [1.82, 2.24) is 24.5 Å². The molecule has 32 heavy (non-hydrogen) atoms. The number of aryl methyl sites for hydroxylation is 2. The molecular formula is C22H22F3N5O2. The Labute approximate surface area is 182 Å². The first-order valence-corrected chi connectivity index (χ1v) is 10.4. The Morgan fingerprint density at radius 2 is 1.84 bits per heavy atom. The molecule has 0 saturated carbocycles. The monoisotopic (exact) mass is 445 g/mol. The Balaban J connectivity index is 1.60. The van der Waals surface area contributed by atoms with Gasteiger partial charge in [0.2, 0.25) is 0 Å². The van der Waals surface area contributed by atoms with E-state index in [1.807, 2.05) is 4.90 Å². The lowest BCUT2D eigenvalue weighted by Crippen LogP contribution is -2.50. The van der Waals surface area contributed by atoms with Crippen LogP contribution in [0.2, 0.25) is 0 Å². The summed E-state index contributed by atoms with van der Waals surface area (Å²) in [6.45, 7) is 0. The van der Waals surface area contributed by atoms with Gasteiger partial charge in [0.25, 0.3) is 5.91 Å². The third-order valence-electron chi connectivity index (χ3n) is 6.39. The Hall–Kier alpha value is -3.30. The molecule has 1 amide bonds. The van der Waals surface area contributed by atoms with E-state index in [2.05, 4.69) is 10.2 Å². The van der Waals surface area contributed by atoms with E-state index in [1.165, 1.54) is 11.8 Å². The van der Waals surface area contributed by atoms with Crippen LogP contribution >= 0.6 is 0 Å². The van der Waals surface area contributed by atoms with E-state index in [4.69, 9.17) is 4.74 Å². The average Bonchev–Trinajstić information content (AvgIpc) is 3.29. The zero-order valence-electron chi connectivity index (χ0n) is 17.9. The van der Waals surface area contributed by atoms with Crippen LogP contribution in [0.5, 0.6) is 5.75 Å². The quantitative estimate of drug-likeness (QED) is 0.579. The van der Waals surface area contributed by atoms with Gasteiger partial charge in [-0.3, -0.25) is 14.2 Å². The Kier molecular flexibility index (Phi) is 4.75. The summed E-state index contributed by atoms with van der Waals surface area (Å²) in [7, 11) is 4.90. The van der Waals surface area contributed by atoms with E-state index in [0.29, 0.717) is 30.0 Å². The number of hydrogen-bond donors (Lipinski definition) is 0. The lowest BCUT2D eigenvalue weighted by Gasteiger charge is -2.45. The maximum atomic E-state index is 13.9. The molecule has 2 aliphatic heterocycles. The number of rotatable bonds is 3. The zero-order chi connectivity index (χ0) is 22.7. The predicted octanol–water partition coefficient (Wildman–Crippen LogP) is 3.54. The number of nitrogens with zero attached hydrogens (tertiary/aromatic N) is 5. The standard InChI is InChI=1S/C22H22F3N5O2/c1-28-10-17(32-3)20(26-28)22(31)30-12-5-4-6-16(30)19-13(9-12)21(29(2)27-19)11-7-14(23)18(25)15(24)8-11/h7-8,10,12,16H,4-6,9H2,1-3H3/t12-,16+/m1/s1. The molecule has 7 nitrogen and oxygen atoms in total. The molecule has 0 aliphatic carbocycles. The Morgan fingerprint density at radius 1 is 1.12 bits per heavy atom. The van der Waals surface area contributed by atoms with Gasteiger partial charge in [-0.05, 0) is 37.8 Å². The first-order chi connectivity index (χ1) is 15.3. The van der Waals surface area contributed by atoms with Crippen molar-refractivity contribution >= 4 is 5.91 Å². The maximum Gasteiger partial charge on any atom is 0.279 e. The van der Waals surface area contributed by atoms with Crippen LogP contribution in [-0.4, -0.2) is 43.5 Å². The summed E-state index contributed by atoms with van der Waals surface area (Å²) >= 11 is 0. The van der Waals surface area contributed by atoms with Crippen molar-refractivity contribution in [2.45, 2.75) is 37.8 Å². The molecule has 0 N–H and O–H groups in total. The van der Waals surface area contributed by atoms with Crippen LogP contribution in [0.15, 0.2) is 18.3 Å². The van der Waals surface area contributed by atoms with Gasteiger partial charge in [-0.2, -0.15) is 10.2 Å². The molecule has 2 aromatic heterocycles. The third kappa shape index (κ3) is 3.00. The predicted molar refractivity (Wildman–Crippen MR) is 109 cm³/mol. The van der Waals surface area contributed by atoms with Crippen LogP contribution in [0.4, 0.5) is 13.2 Å². The smallest absolute Gasteiger partial charge is 0.279 e. The SMILES string of the molecule is COc1cn(C)nc1C(=O)N1[C@@H]2CCC[C@H]1c1nn(C)c(-c3cc(F)c(F)c(F)c3)c1C2. The van der Waals surface area contributed by atoms with Gasteiger partial charge in [-0.25, -0.2) is 13.2 Å². The molecule has 4 heterocycles. The highest BCUT2D eigenvalue weighted by Crippen LogP contribution is 2.45. The number of methoxy groups -OCH3 is 1. The van der Waals surface area contributed by atoms with Crippen LogP contribution in [0.3, 0.4) is 0 Å². The highest BCUT2D eigenvalue weighted by Gasteiger charge is 2.44. The molecule has 0 unspecified atom stereocenters. The van der Waals surface area contributed by atoms with Crippen molar-refractivity contribution < 1.29 is 22.7 Å². The zero-order valence-corrected chi connectivity index (χ0v) is 17.9. The molecule has 5 rings (SSSR count). The van der Waals surface area contributed by atoms with Gasteiger partial charge in [-0.1, -0.05) is 0 Å². The largest absolute Gasteiger partial charge is 0.493 e. The molecule has 1 aromatic carbocycles. The Morgan fingerprint density at radius 3 is 2.53 bits per heavy atom. The molecule has 0 spiro atoms. The lowest BCUT2D eigenvalue weighted by molar-refractivity contribution is 0.0382. The second-order valence-corrected chi connectivity index (χ2v) is 8.33. The number of fused-ring (bicyclic) bond motifs is 4. The summed E-state index contributed by atoms with van der Waals surface area (Å²) < 4.78 is 49.8. The first kappa shape index (κ1) is 20.6. The van der Waals surface area contributed by atoms with Gasteiger partial charge in [-0.15, -0.1) is 0 Å². The van der Waals surface area contributed by atoms with Gasteiger partial charge in [0.15, 0.2) is 28.9 Å². The number of aromatic nitrogens is 4. The minimum atomic E-state index is -1.50. The van der Waals surface area contributed by atoms with Gasteiger partial charge in [0.1, 0.15) is 0 Å². The molecule has 2 aliphatic rings. The molecule has 1 fully saturated rings. The van der Waals surface area contributed by atoms with Crippen LogP contribution in [0.25, 0.3) is 11.3 Å². The second-order valence-electron chi connectivity index (χ2n) is 8.33. The molecule has 168 valence electrons. The number of ether oxygens (including phenoxy) is 1. The second kappa shape index (κ2) is 7.39. The number of piperidine rings is 1. The topological polar surface area (TPSA) is 65.2 Å². The fraction of sp³-hybridized carbons (Fsp3) is 0.409. The van der Waals surface area contributed by atoms with E-state index >= 15 is 0 Å². The summed E-state index contributed by atoms with van der Waals surface area (Å²) in [5.41, 5.74) is 2.55. The normalized spacial score (nSPS) is 19.8. The van der Waals surface area contributed by atoms with Crippen LogP contribution in [0, 0.1) is 17.5 Å². The van der Waals surface area contributed by atoms with E-state index in [9.17, 15) is 18.0 Å². The molecular weight excluding hydrogens is 423 g/mol. The van der Waals surface area contributed by atoms with Gasteiger partial charge in [0.05, 0.1) is 30.7 Å². The summed E-state index contributed by atoms with van der Waals surface area (Å²) in [6.07, 6.45) is 4.57. The molecule has 2 atom stereocenters. The molecule has 3 aromatic rings. The number of carbonyl (C=O) groups excluding carboxylic acids is 1. The van der Waals surface area contributed by atoms with Crippen molar-refractivity contribution in [1.29, 1.82) is 0 Å². The van der Waals surface area contributed by atoms with Crippen molar-refractivity contribution in [3.8, 4) is 17.0 Å². The van der Waals surface area contributed by atoms with E-state index in [1.54, 1.807) is 25.0 Å². The number of carbonyl (C=O) groups is 1. The van der Waals surface area contributed by atoms with Crippen molar-refractivity contribution in [3.05, 3.63) is 52.7 Å². The van der Waals surface area contributed by atoms with Crippen molar-refractivity contribution in [2.75, 3.05) is 7.11 Å². The van der Waals surface area contributed by atoms with E-state index in [0.717, 1.165) is 30.5 Å². The van der Waals surface area contributed by atoms with Crippen LogP contribution in [-0.2, 0) is 20.5 Å². The van der Waals surface area contributed by atoms with Gasteiger partial charge >= 0.3 is 0 Å². The fourth-order valence-corrected chi connectivity index (χ4v) is 5.09. The number of amides is 1. The number of halogens is 3. The highest BCUT2D eigenvalue weighted by atomic mass is 19.2. The minimum Gasteiger partial charge on any atom is -0.493 e. The van der Waals surface area contributed by atoms with Crippen molar-refractivity contribution in [2.24, 2.45) is 14.1 Å². The summed E-state index contributed by atoms with van der Waals surface area (Å²) in [6, 6.07) is 1.58. The lowest BCUT2D eigenvalue weighted by atomic mass is 9.81. The molecule has 2 bridgehead atoms. The fourth-order valence-electron chi connectivity index (χ4n) is 5.09. The molecule has 10 heteroatoms. The Bertz CT molecular complexity index is 1210. The average molecular weight is 445 g/mol. The molecule has 0 radical (unpaired) electrons. The van der Waals surface area contributed by atoms with Crippen LogP contribution < -0.4 is 4.74 Å². The van der Waals surface area contributed by atoms with E-state index in [-0.39, 0.29) is 29.2 Å². The van der Waals surface area contributed by atoms with E-state index < -0.39 is 17.5 Å².